The molecule has 0 fully saturated rings. The number of hydrogen-bond donors (Lipinski definition) is 3. The van der Waals surface area contributed by atoms with Crippen LogP contribution in [0.5, 0.6) is 11.6 Å². The van der Waals surface area contributed by atoms with Crippen molar-refractivity contribution < 1.29 is 9.47 Å². The Balaban J connectivity index is 1.56. The quantitative estimate of drug-likeness (QED) is 0.381. The Hall–Kier alpha value is -3.85. The van der Waals surface area contributed by atoms with E-state index < -0.39 is 0 Å². The lowest BCUT2D eigenvalue weighted by Gasteiger charge is -2.17. The fraction of sp³-hybridized carbons (Fsp3) is 0.190. The summed E-state index contributed by atoms with van der Waals surface area (Å²) in [5.74, 6) is 2.28. The van der Waals surface area contributed by atoms with Gasteiger partial charge in [0.05, 0.1) is 23.9 Å². The molecule has 0 radical (unpaired) electrons. The van der Waals surface area contributed by atoms with Crippen molar-refractivity contribution >= 4 is 34.2 Å². The van der Waals surface area contributed by atoms with Gasteiger partial charge in [-0.3, -0.25) is 0 Å². The number of fused-ring (bicyclic) bond motifs is 1. The molecule has 0 atom stereocenters. The highest BCUT2D eigenvalue weighted by Gasteiger charge is 2.12. The minimum Gasteiger partial charge on any atom is -0.438 e. The Kier molecular flexibility index (Phi) is 5.62. The van der Waals surface area contributed by atoms with Crippen LogP contribution in [0.25, 0.3) is 11.0 Å². The van der Waals surface area contributed by atoms with Gasteiger partial charge in [-0.25, -0.2) is 4.98 Å². The summed E-state index contributed by atoms with van der Waals surface area (Å²) in [6.45, 7) is 1.39. The van der Waals surface area contributed by atoms with Gasteiger partial charge in [-0.1, -0.05) is 6.07 Å². The molecule has 0 amide bonds. The molecule has 0 aliphatic carbocycles. The smallest absolute Gasteiger partial charge is 0.233 e. The second-order valence-corrected chi connectivity index (χ2v) is 6.71. The monoisotopic (exact) mass is 405 g/mol. The fourth-order valence-corrected chi connectivity index (χ4v) is 2.89. The summed E-state index contributed by atoms with van der Waals surface area (Å²) in [6, 6.07) is 12.9. The Morgan fingerprint density at radius 3 is 2.83 bits per heavy atom. The molecule has 1 aromatic carbocycles. The number of hydrogen-bond acceptors (Lipinski definition) is 8. The molecule has 0 unspecified atom stereocenters. The highest BCUT2D eigenvalue weighted by atomic mass is 16.5. The number of anilines is 4. The standard InChI is InChI=1S/C21H23N7O2/c1-28(10-11-29-2)18-7-6-15(13-24-18)25-21-26-19-17(8-9-23-19)20(27-21)30-16-5-3-4-14(22)12-16/h3-9,12-13H,10-11,22H2,1-2H3,(H2,23,25,26,27). The molecule has 0 aliphatic rings. The van der Waals surface area contributed by atoms with Gasteiger partial charge in [0.2, 0.25) is 11.8 Å². The lowest BCUT2D eigenvalue weighted by atomic mass is 10.3. The van der Waals surface area contributed by atoms with E-state index in [1.807, 2.05) is 42.3 Å². The lowest BCUT2D eigenvalue weighted by molar-refractivity contribution is 0.206. The number of nitrogens with one attached hydrogen (secondary N) is 2. The van der Waals surface area contributed by atoms with Crippen LogP contribution in [0, 0.1) is 0 Å². The second kappa shape index (κ2) is 8.66. The molecule has 30 heavy (non-hydrogen) atoms. The molecule has 4 aromatic rings. The zero-order valence-corrected chi connectivity index (χ0v) is 16.8. The first kappa shape index (κ1) is 19.5. The maximum atomic E-state index is 5.97. The van der Waals surface area contributed by atoms with Crippen LogP contribution in [0.3, 0.4) is 0 Å². The molecule has 4 N–H and O–H groups in total. The number of rotatable bonds is 8. The number of nitrogens with two attached hydrogens (primary N) is 1. The molecule has 0 spiro atoms. The molecular weight excluding hydrogens is 382 g/mol. The summed E-state index contributed by atoms with van der Waals surface area (Å²) in [5, 5.41) is 3.95. The molecule has 3 heterocycles. The van der Waals surface area contributed by atoms with E-state index in [1.165, 1.54) is 0 Å². The van der Waals surface area contributed by atoms with Gasteiger partial charge in [0.1, 0.15) is 17.2 Å². The van der Waals surface area contributed by atoms with E-state index >= 15 is 0 Å². The molecular formula is C21H23N7O2. The second-order valence-electron chi connectivity index (χ2n) is 6.71. The van der Waals surface area contributed by atoms with Gasteiger partial charge in [-0.05, 0) is 30.3 Å². The zero-order valence-electron chi connectivity index (χ0n) is 16.8. The van der Waals surface area contributed by atoms with Crippen LogP contribution in [0.4, 0.5) is 23.1 Å². The summed E-state index contributed by atoms with van der Waals surface area (Å²) in [6.07, 6.45) is 3.53. The Morgan fingerprint density at radius 2 is 2.07 bits per heavy atom. The van der Waals surface area contributed by atoms with Crippen LogP contribution in [0.1, 0.15) is 0 Å². The number of ether oxygens (including phenoxy) is 2. The average molecular weight is 405 g/mol. The van der Waals surface area contributed by atoms with E-state index in [9.17, 15) is 0 Å². The van der Waals surface area contributed by atoms with Crippen molar-refractivity contribution in [3.8, 4) is 11.6 Å². The number of nitrogen functional groups attached to an aromatic ring is 1. The van der Waals surface area contributed by atoms with E-state index in [-0.39, 0.29) is 0 Å². The first-order valence-corrected chi connectivity index (χ1v) is 9.44. The number of aromatic amines is 1. The van der Waals surface area contributed by atoms with Crippen LogP contribution in [-0.2, 0) is 4.74 Å². The van der Waals surface area contributed by atoms with Crippen molar-refractivity contribution in [3.63, 3.8) is 0 Å². The number of pyridine rings is 1. The van der Waals surface area contributed by atoms with Crippen LogP contribution in [-0.4, -0.2) is 47.2 Å². The van der Waals surface area contributed by atoms with Gasteiger partial charge in [0.15, 0.2) is 0 Å². The van der Waals surface area contributed by atoms with Crippen molar-refractivity contribution in [2.75, 3.05) is 43.3 Å². The highest BCUT2D eigenvalue weighted by Crippen LogP contribution is 2.29. The highest BCUT2D eigenvalue weighted by molar-refractivity contribution is 5.82. The topological polar surface area (TPSA) is 114 Å². The summed E-state index contributed by atoms with van der Waals surface area (Å²) in [5.41, 5.74) is 7.89. The number of H-pyrrole nitrogens is 1. The number of benzene rings is 1. The molecule has 4 rings (SSSR count). The lowest BCUT2D eigenvalue weighted by Crippen LogP contribution is -2.22. The van der Waals surface area contributed by atoms with Crippen LogP contribution in [0.15, 0.2) is 54.9 Å². The van der Waals surface area contributed by atoms with Crippen LogP contribution in [0.2, 0.25) is 0 Å². The average Bonchev–Trinajstić information content (AvgIpc) is 3.21. The van der Waals surface area contributed by atoms with Gasteiger partial charge in [0.25, 0.3) is 0 Å². The zero-order chi connectivity index (χ0) is 20.9. The Bertz CT molecular complexity index is 1130. The van der Waals surface area contributed by atoms with E-state index in [0.29, 0.717) is 35.5 Å². The molecule has 9 nitrogen and oxygen atoms in total. The third-order valence-corrected chi connectivity index (χ3v) is 4.48. The van der Waals surface area contributed by atoms with Gasteiger partial charge in [-0.2, -0.15) is 9.97 Å². The van der Waals surface area contributed by atoms with Crippen molar-refractivity contribution in [1.82, 2.24) is 19.9 Å². The van der Waals surface area contributed by atoms with Gasteiger partial charge < -0.3 is 30.4 Å². The van der Waals surface area contributed by atoms with Gasteiger partial charge in [0, 0.05) is 38.7 Å². The molecule has 9 heteroatoms. The third kappa shape index (κ3) is 4.41. The van der Waals surface area contributed by atoms with Crippen molar-refractivity contribution in [1.29, 1.82) is 0 Å². The minimum absolute atomic E-state index is 0.395. The van der Waals surface area contributed by atoms with Gasteiger partial charge >= 0.3 is 0 Å². The van der Waals surface area contributed by atoms with Crippen LogP contribution >= 0.6 is 0 Å². The summed E-state index contributed by atoms with van der Waals surface area (Å²) in [4.78, 5) is 18.6. The molecule has 3 aromatic heterocycles. The molecule has 0 saturated carbocycles. The number of likely N-dealkylation sites (N-methyl/N-ethyl adjacent to an activating group) is 1. The number of methoxy groups -OCH3 is 1. The number of aromatic nitrogens is 4. The largest absolute Gasteiger partial charge is 0.438 e. The van der Waals surface area contributed by atoms with Crippen molar-refractivity contribution in [3.05, 3.63) is 54.9 Å². The Labute approximate surface area is 173 Å². The summed E-state index contributed by atoms with van der Waals surface area (Å²) < 4.78 is 11.1. The molecule has 154 valence electrons. The maximum absolute atomic E-state index is 5.97. The third-order valence-electron chi connectivity index (χ3n) is 4.48. The first-order valence-electron chi connectivity index (χ1n) is 9.44. The normalized spacial score (nSPS) is 10.9. The number of nitrogens with zero attached hydrogens (tertiary/aromatic N) is 4. The predicted molar refractivity (Wildman–Crippen MR) is 117 cm³/mol. The molecule has 0 aliphatic heterocycles. The molecule has 0 saturated heterocycles. The Morgan fingerprint density at radius 1 is 1.17 bits per heavy atom. The maximum Gasteiger partial charge on any atom is 0.233 e. The van der Waals surface area contributed by atoms with Crippen molar-refractivity contribution in [2.45, 2.75) is 0 Å². The molecule has 0 bridgehead atoms. The minimum atomic E-state index is 0.395. The van der Waals surface area contributed by atoms with Gasteiger partial charge in [-0.15, -0.1) is 0 Å². The SMILES string of the molecule is COCCN(C)c1ccc(Nc2nc(Oc3cccc(N)c3)c3cc[nH]c3n2)cn1. The van der Waals surface area contributed by atoms with Crippen LogP contribution < -0.4 is 20.7 Å². The van der Waals surface area contributed by atoms with E-state index in [4.69, 9.17) is 15.2 Å². The predicted octanol–water partition coefficient (Wildman–Crippen LogP) is 3.55. The summed E-state index contributed by atoms with van der Waals surface area (Å²) in [7, 11) is 3.65. The van der Waals surface area contributed by atoms with Crippen molar-refractivity contribution in [2.24, 2.45) is 0 Å². The van der Waals surface area contributed by atoms with E-state index in [1.54, 1.807) is 31.6 Å². The van der Waals surface area contributed by atoms with E-state index in [2.05, 4.69) is 25.3 Å². The van der Waals surface area contributed by atoms with E-state index in [0.717, 1.165) is 23.4 Å². The first-order chi connectivity index (χ1) is 14.6. The fourth-order valence-electron chi connectivity index (χ4n) is 2.89. The summed E-state index contributed by atoms with van der Waals surface area (Å²) >= 11 is 0.